The molecule has 2 aromatic rings. The lowest BCUT2D eigenvalue weighted by atomic mass is 10.0. The van der Waals surface area contributed by atoms with Gasteiger partial charge in [-0.25, -0.2) is 0 Å². The molecule has 0 spiro atoms. The second-order valence-electron chi connectivity index (χ2n) is 4.62. The molecule has 0 saturated carbocycles. The van der Waals surface area contributed by atoms with Gasteiger partial charge >= 0.3 is 0 Å². The molecular formula is C15H17ClN2O. The van der Waals surface area contributed by atoms with E-state index in [0.29, 0.717) is 5.02 Å². The second kappa shape index (κ2) is 6.04. The SMILES string of the molecule is CC(C)Oc1cccc(C(N)c2ccc(Cl)cn2)c1. The van der Waals surface area contributed by atoms with Gasteiger partial charge in [0, 0.05) is 6.20 Å². The largest absolute Gasteiger partial charge is 0.491 e. The van der Waals surface area contributed by atoms with Crippen LogP contribution >= 0.6 is 11.6 Å². The standard InChI is InChI=1S/C15H17ClN2O/c1-10(2)19-13-5-3-4-11(8-13)15(17)14-7-6-12(16)9-18-14/h3-10,15H,17H2,1-2H3. The molecule has 0 aliphatic heterocycles. The number of rotatable bonds is 4. The average molecular weight is 277 g/mol. The van der Waals surface area contributed by atoms with Crippen molar-refractivity contribution in [2.75, 3.05) is 0 Å². The van der Waals surface area contributed by atoms with Crippen LogP contribution in [-0.2, 0) is 0 Å². The molecule has 0 amide bonds. The average Bonchev–Trinajstić information content (AvgIpc) is 2.38. The summed E-state index contributed by atoms with van der Waals surface area (Å²) in [4.78, 5) is 4.25. The van der Waals surface area contributed by atoms with Crippen molar-refractivity contribution in [2.45, 2.75) is 26.0 Å². The van der Waals surface area contributed by atoms with Crippen molar-refractivity contribution in [2.24, 2.45) is 5.73 Å². The van der Waals surface area contributed by atoms with Crippen LogP contribution in [0.1, 0.15) is 31.1 Å². The maximum atomic E-state index is 6.20. The summed E-state index contributed by atoms with van der Waals surface area (Å²) in [5, 5.41) is 0.604. The first-order valence-electron chi connectivity index (χ1n) is 6.20. The molecule has 2 rings (SSSR count). The van der Waals surface area contributed by atoms with E-state index >= 15 is 0 Å². The zero-order chi connectivity index (χ0) is 13.8. The zero-order valence-electron chi connectivity index (χ0n) is 11.0. The smallest absolute Gasteiger partial charge is 0.120 e. The Hall–Kier alpha value is -1.58. The van der Waals surface area contributed by atoms with Crippen LogP contribution in [0.15, 0.2) is 42.6 Å². The fourth-order valence-corrected chi connectivity index (χ4v) is 1.91. The third-order valence-corrected chi connectivity index (χ3v) is 2.88. The molecule has 1 aromatic carbocycles. The van der Waals surface area contributed by atoms with E-state index in [0.717, 1.165) is 17.0 Å². The van der Waals surface area contributed by atoms with Crippen molar-refractivity contribution in [1.82, 2.24) is 4.98 Å². The Morgan fingerprint density at radius 2 is 2.00 bits per heavy atom. The van der Waals surface area contributed by atoms with Crippen LogP contribution in [0, 0.1) is 0 Å². The Balaban J connectivity index is 2.23. The Morgan fingerprint density at radius 1 is 1.21 bits per heavy atom. The Kier molecular flexibility index (Phi) is 4.40. The van der Waals surface area contributed by atoms with E-state index in [2.05, 4.69) is 4.98 Å². The highest BCUT2D eigenvalue weighted by Gasteiger charge is 2.11. The summed E-state index contributed by atoms with van der Waals surface area (Å²) in [6, 6.07) is 11.1. The predicted molar refractivity (Wildman–Crippen MR) is 77.5 cm³/mol. The minimum absolute atomic E-state index is 0.139. The number of halogens is 1. The van der Waals surface area contributed by atoms with Crippen LogP contribution in [0.4, 0.5) is 0 Å². The monoisotopic (exact) mass is 276 g/mol. The molecule has 0 fully saturated rings. The van der Waals surface area contributed by atoms with Gasteiger partial charge in [-0.05, 0) is 43.7 Å². The van der Waals surface area contributed by atoms with Crippen molar-refractivity contribution < 1.29 is 4.74 Å². The van der Waals surface area contributed by atoms with E-state index in [1.807, 2.05) is 44.2 Å². The van der Waals surface area contributed by atoms with E-state index in [-0.39, 0.29) is 12.1 Å². The Labute approximate surface area is 118 Å². The van der Waals surface area contributed by atoms with E-state index in [9.17, 15) is 0 Å². The number of hydrogen-bond acceptors (Lipinski definition) is 3. The van der Waals surface area contributed by atoms with Gasteiger partial charge < -0.3 is 10.5 Å². The van der Waals surface area contributed by atoms with Gasteiger partial charge in [-0.15, -0.1) is 0 Å². The van der Waals surface area contributed by atoms with Gasteiger partial charge in [-0.1, -0.05) is 23.7 Å². The lowest BCUT2D eigenvalue weighted by molar-refractivity contribution is 0.242. The summed E-state index contributed by atoms with van der Waals surface area (Å²) in [6.45, 7) is 3.99. The highest BCUT2D eigenvalue weighted by atomic mass is 35.5. The van der Waals surface area contributed by atoms with E-state index < -0.39 is 0 Å². The minimum Gasteiger partial charge on any atom is -0.491 e. The van der Waals surface area contributed by atoms with Gasteiger partial charge in [-0.2, -0.15) is 0 Å². The minimum atomic E-state index is -0.284. The molecule has 3 nitrogen and oxygen atoms in total. The first-order valence-corrected chi connectivity index (χ1v) is 6.57. The molecule has 1 atom stereocenters. The highest BCUT2D eigenvalue weighted by Crippen LogP contribution is 2.23. The molecule has 0 saturated heterocycles. The van der Waals surface area contributed by atoms with Gasteiger partial charge in [0.15, 0.2) is 0 Å². The number of nitrogens with zero attached hydrogens (tertiary/aromatic N) is 1. The topological polar surface area (TPSA) is 48.1 Å². The maximum Gasteiger partial charge on any atom is 0.120 e. The van der Waals surface area contributed by atoms with E-state index in [1.54, 1.807) is 12.3 Å². The van der Waals surface area contributed by atoms with Crippen LogP contribution < -0.4 is 10.5 Å². The molecule has 19 heavy (non-hydrogen) atoms. The van der Waals surface area contributed by atoms with Crippen LogP contribution in [0.3, 0.4) is 0 Å². The maximum absolute atomic E-state index is 6.20. The molecule has 0 aliphatic rings. The molecular weight excluding hydrogens is 260 g/mol. The quantitative estimate of drug-likeness (QED) is 0.929. The summed E-state index contributed by atoms with van der Waals surface area (Å²) in [5.74, 6) is 0.817. The molecule has 1 unspecified atom stereocenters. The van der Waals surface area contributed by atoms with Crippen LogP contribution in [0.5, 0.6) is 5.75 Å². The molecule has 4 heteroatoms. The molecule has 100 valence electrons. The van der Waals surface area contributed by atoms with E-state index in [1.165, 1.54) is 0 Å². The summed E-state index contributed by atoms with van der Waals surface area (Å²) in [5.41, 5.74) is 7.95. The number of benzene rings is 1. The third-order valence-electron chi connectivity index (χ3n) is 2.66. The highest BCUT2D eigenvalue weighted by molar-refractivity contribution is 6.30. The zero-order valence-corrected chi connectivity index (χ0v) is 11.8. The first-order chi connectivity index (χ1) is 9.06. The van der Waals surface area contributed by atoms with Crippen LogP contribution in [0.25, 0.3) is 0 Å². The van der Waals surface area contributed by atoms with Gasteiger partial charge in [0.1, 0.15) is 5.75 Å². The number of aromatic nitrogens is 1. The lowest BCUT2D eigenvalue weighted by Crippen LogP contribution is -2.14. The number of ether oxygens (including phenoxy) is 1. The van der Waals surface area contributed by atoms with Crippen LogP contribution in [0.2, 0.25) is 5.02 Å². The fraction of sp³-hybridized carbons (Fsp3) is 0.267. The van der Waals surface area contributed by atoms with Crippen molar-refractivity contribution in [3.63, 3.8) is 0 Å². The molecule has 0 bridgehead atoms. The second-order valence-corrected chi connectivity index (χ2v) is 5.05. The van der Waals surface area contributed by atoms with Gasteiger partial charge in [-0.3, -0.25) is 4.98 Å². The van der Waals surface area contributed by atoms with Crippen molar-refractivity contribution >= 4 is 11.6 Å². The van der Waals surface area contributed by atoms with Crippen molar-refractivity contribution in [1.29, 1.82) is 0 Å². The third kappa shape index (κ3) is 3.69. The fourth-order valence-electron chi connectivity index (χ4n) is 1.80. The lowest BCUT2D eigenvalue weighted by Gasteiger charge is -2.14. The molecule has 0 radical (unpaired) electrons. The molecule has 1 heterocycles. The van der Waals surface area contributed by atoms with Crippen molar-refractivity contribution in [3.8, 4) is 5.75 Å². The van der Waals surface area contributed by atoms with Gasteiger partial charge in [0.05, 0.1) is 22.9 Å². The predicted octanol–water partition coefficient (Wildman–Crippen LogP) is 3.57. The van der Waals surface area contributed by atoms with E-state index in [4.69, 9.17) is 22.1 Å². The van der Waals surface area contributed by atoms with Gasteiger partial charge in [0.2, 0.25) is 0 Å². The normalized spacial score (nSPS) is 12.5. The molecule has 1 aromatic heterocycles. The number of hydrogen-bond donors (Lipinski definition) is 1. The van der Waals surface area contributed by atoms with Crippen LogP contribution in [-0.4, -0.2) is 11.1 Å². The molecule has 2 N–H and O–H groups in total. The van der Waals surface area contributed by atoms with Crippen molar-refractivity contribution in [3.05, 3.63) is 58.9 Å². The summed E-state index contributed by atoms with van der Waals surface area (Å²) in [7, 11) is 0. The number of nitrogens with two attached hydrogens (primary N) is 1. The first kappa shape index (κ1) is 13.8. The molecule has 0 aliphatic carbocycles. The summed E-state index contributed by atoms with van der Waals surface area (Å²) < 4.78 is 5.66. The number of pyridine rings is 1. The van der Waals surface area contributed by atoms with Gasteiger partial charge in [0.25, 0.3) is 0 Å². The summed E-state index contributed by atoms with van der Waals surface area (Å²) in [6.07, 6.45) is 1.74. The Morgan fingerprint density at radius 3 is 2.63 bits per heavy atom. The summed E-state index contributed by atoms with van der Waals surface area (Å²) >= 11 is 5.82. The Bertz CT molecular complexity index is 540.